The Labute approximate surface area is 144 Å². The Morgan fingerprint density at radius 3 is 2.28 bits per heavy atom. The molecular formula is C20H17F2NO2. The van der Waals surface area contributed by atoms with Gasteiger partial charge in [0.25, 0.3) is 5.91 Å². The molecular weight excluding hydrogens is 324 g/mol. The molecule has 0 aromatic heterocycles. The van der Waals surface area contributed by atoms with Crippen LogP contribution in [0.1, 0.15) is 28.9 Å². The van der Waals surface area contributed by atoms with Crippen molar-refractivity contribution < 1.29 is 18.7 Å². The Hall–Kier alpha value is -2.95. The van der Waals surface area contributed by atoms with Gasteiger partial charge in [0.2, 0.25) is 0 Å². The lowest BCUT2D eigenvalue weighted by atomic mass is 10.0. The minimum Gasteiger partial charge on any atom is -0.507 e. The molecule has 128 valence electrons. The zero-order valence-electron chi connectivity index (χ0n) is 13.8. The predicted octanol–water partition coefficient (Wildman–Crippen LogP) is 4.66. The second kappa shape index (κ2) is 6.51. The molecule has 0 fully saturated rings. The largest absolute Gasteiger partial charge is 0.507 e. The molecule has 3 aromatic carbocycles. The van der Waals surface area contributed by atoms with Crippen molar-refractivity contribution in [2.75, 3.05) is 7.05 Å². The summed E-state index contributed by atoms with van der Waals surface area (Å²) < 4.78 is 26.5. The van der Waals surface area contributed by atoms with E-state index >= 15 is 0 Å². The number of hydrogen-bond donors (Lipinski definition) is 1. The van der Waals surface area contributed by atoms with E-state index in [2.05, 4.69) is 0 Å². The van der Waals surface area contributed by atoms with Crippen LogP contribution in [0.25, 0.3) is 10.8 Å². The van der Waals surface area contributed by atoms with Crippen LogP contribution in [0.5, 0.6) is 5.75 Å². The lowest BCUT2D eigenvalue weighted by molar-refractivity contribution is 0.0739. The van der Waals surface area contributed by atoms with E-state index in [1.807, 2.05) is 24.3 Å². The van der Waals surface area contributed by atoms with Gasteiger partial charge in [-0.15, -0.1) is 0 Å². The van der Waals surface area contributed by atoms with Crippen LogP contribution in [0.3, 0.4) is 0 Å². The van der Waals surface area contributed by atoms with Crippen molar-refractivity contribution in [1.29, 1.82) is 0 Å². The average Bonchev–Trinajstić information content (AvgIpc) is 2.61. The van der Waals surface area contributed by atoms with Gasteiger partial charge in [-0.1, -0.05) is 30.3 Å². The van der Waals surface area contributed by atoms with Crippen molar-refractivity contribution in [2.24, 2.45) is 0 Å². The molecule has 1 unspecified atom stereocenters. The maximum atomic E-state index is 13.4. The smallest absolute Gasteiger partial charge is 0.257 e. The highest BCUT2D eigenvalue weighted by atomic mass is 19.2. The number of benzene rings is 3. The lowest BCUT2D eigenvalue weighted by Crippen LogP contribution is -2.29. The highest BCUT2D eigenvalue weighted by molar-refractivity contribution is 6.01. The molecule has 1 atom stereocenters. The van der Waals surface area contributed by atoms with E-state index in [-0.39, 0.29) is 11.3 Å². The topological polar surface area (TPSA) is 40.5 Å². The Balaban J connectivity index is 1.94. The molecule has 3 rings (SSSR count). The minimum atomic E-state index is -0.959. The molecule has 0 aliphatic carbocycles. The fourth-order valence-corrected chi connectivity index (χ4v) is 2.76. The molecule has 25 heavy (non-hydrogen) atoms. The summed E-state index contributed by atoms with van der Waals surface area (Å²) >= 11 is 0. The van der Waals surface area contributed by atoms with Crippen LogP contribution < -0.4 is 0 Å². The molecule has 0 radical (unpaired) electrons. The summed E-state index contributed by atoms with van der Waals surface area (Å²) in [5.74, 6) is -2.41. The van der Waals surface area contributed by atoms with E-state index in [4.69, 9.17) is 0 Å². The van der Waals surface area contributed by atoms with Gasteiger partial charge in [-0.2, -0.15) is 0 Å². The fraction of sp³-hybridized carbons (Fsp3) is 0.150. The monoisotopic (exact) mass is 341 g/mol. The number of hydrogen-bond acceptors (Lipinski definition) is 2. The number of aromatic hydroxyl groups is 1. The van der Waals surface area contributed by atoms with Gasteiger partial charge < -0.3 is 10.0 Å². The molecule has 5 heteroatoms. The standard InChI is InChI=1S/C20H17F2NO2/c1-12(13-7-8-17(21)18(22)10-13)23(2)20(25)16-9-14-5-3-4-6-15(14)11-19(16)24/h3-12,24H,1-2H3. The molecule has 0 aliphatic heterocycles. The number of halogens is 2. The maximum absolute atomic E-state index is 13.4. The first-order chi connectivity index (χ1) is 11.9. The molecule has 3 aromatic rings. The van der Waals surface area contributed by atoms with Crippen molar-refractivity contribution >= 4 is 16.7 Å². The van der Waals surface area contributed by atoms with Crippen LogP contribution in [0, 0.1) is 11.6 Å². The van der Waals surface area contributed by atoms with Crippen LogP contribution >= 0.6 is 0 Å². The molecule has 3 nitrogen and oxygen atoms in total. The minimum absolute atomic E-state index is 0.118. The van der Waals surface area contributed by atoms with Gasteiger partial charge in [-0.3, -0.25) is 4.79 Å². The van der Waals surface area contributed by atoms with Crippen molar-refractivity contribution in [3.8, 4) is 5.75 Å². The lowest BCUT2D eigenvalue weighted by Gasteiger charge is -2.26. The van der Waals surface area contributed by atoms with Crippen molar-refractivity contribution in [2.45, 2.75) is 13.0 Å². The van der Waals surface area contributed by atoms with Crippen molar-refractivity contribution in [3.05, 3.63) is 77.4 Å². The van der Waals surface area contributed by atoms with Gasteiger partial charge >= 0.3 is 0 Å². The first kappa shape index (κ1) is 16.9. The predicted molar refractivity (Wildman–Crippen MR) is 92.5 cm³/mol. The maximum Gasteiger partial charge on any atom is 0.257 e. The van der Waals surface area contributed by atoms with Crippen LogP contribution in [-0.4, -0.2) is 23.0 Å². The Morgan fingerprint density at radius 1 is 1.00 bits per heavy atom. The van der Waals surface area contributed by atoms with E-state index in [1.165, 1.54) is 11.0 Å². The number of nitrogens with zero attached hydrogens (tertiary/aromatic N) is 1. The molecule has 0 saturated carbocycles. The molecule has 0 saturated heterocycles. The number of amides is 1. The van der Waals surface area contributed by atoms with E-state index in [9.17, 15) is 18.7 Å². The Morgan fingerprint density at radius 2 is 1.64 bits per heavy atom. The zero-order chi connectivity index (χ0) is 18.1. The summed E-state index contributed by atoms with van der Waals surface area (Å²) in [5.41, 5.74) is 0.630. The number of rotatable bonds is 3. The van der Waals surface area contributed by atoms with Crippen molar-refractivity contribution in [1.82, 2.24) is 4.90 Å². The molecule has 0 aliphatic rings. The van der Waals surface area contributed by atoms with E-state index in [0.717, 1.165) is 22.9 Å². The normalized spacial score (nSPS) is 12.2. The van der Waals surface area contributed by atoms with Gasteiger partial charge in [-0.05, 0) is 47.5 Å². The number of phenols is 1. The zero-order valence-corrected chi connectivity index (χ0v) is 13.8. The molecule has 0 heterocycles. The molecule has 1 amide bonds. The number of fused-ring (bicyclic) bond motifs is 1. The third-order valence-electron chi connectivity index (χ3n) is 4.42. The second-order valence-electron chi connectivity index (χ2n) is 5.98. The van der Waals surface area contributed by atoms with Gasteiger partial charge in [0.05, 0.1) is 11.6 Å². The quantitative estimate of drug-likeness (QED) is 0.753. The summed E-state index contributed by atoms with van der Waals surface area (Å²) in [6, 6.07) is 13.6. The fourth-order valence-electron chi connectivity index (χ4n) is 2.76. The number of carbonyl (C=O) groups excluding carboxylic acids is 1. The first-order valence-corrected chi connectivity index (χ1v) is 7.82. The SMILES string of the molecule is CC(c1ccc(F)c(F)c1)N(C)C(=O)c1cc2ccccc2cc1O. The van der Waals surface area contributed by atoms with E-state index < -0.39 is 23.6 Å². The van der Waals surface area contributed by atoms with Gasteiger partial charge in [-0.25, -0.2) is 8.78 Å². The third kappa shape index (κ3) is 3.18. The van der Waals surface area contributed by atoms with Crippen LogP contribution in [0.15, 0.2) is 54.6 Å². The summed E-state index contributed by atoms with van der Waals surface area (Å²) in [7, 11) is 1.56. The molecule has 0 bridgehead atoms. The van der Waals surface area contributed by atoms with Gasteiger partial charge in [0.1, 0.15) is 5.75 Å². The number of phenolic OH excluding ortho intramolecular Hbond substituents is 1. The van der Waals surface area contributed by atoms with Gasteiger partial charge in [0, 0.05) is 7.05 Å². The number of carbonyl (C=O) groups is 1. The highest BCUT2D eigenvalue weighted by Gasteiger charge is 2.22. The van der Waals surface area contributed by atoms with E-state index in [0.29, 0.717) is 5.56 Å². The van der Waals surface area contributed by atoms with Gasteiger partial charge in [0.15, 0.2) is 11.6 Å². The highest BCUT2D eigenvalue weighted by Crippen LogP contribution is 2.29. The molecule has 0 spiro atoms. The third-order valence-corrected chi connectivity index (χ3v) is 4.42. The summed E-state index contributed by atoms with van der Waals surface area (Å²) in [6.45, 7) is 1.71. The van der Waals surface area contributed by atoms with Crippen LogP contribution in [0.2, 0.25) is 0 Å². The van der Waals surface area contributed by atoms with Crippen LogP contribution in [0.4, 0.5) is 8.78 Å². The Bertz CT molecular complexity index is 956. The summed E-state index contributed by atoms with van der Waals surface area (Å²) in [6.07, 6.45) is 0. The van der Waals surface area contributed by atoms with E-state index in [1.54, 1.807) is 26.1 Å². The molecule has 1 N–H and O–H groups in total. The summed E-state index contributed by atoms with van der Waals surface area (Å²) in [5, 5.41) is 11.9. The summed E-state index contributed by atoms with van der Waals surface area (Å²) in [4.78, 5) is 14.2. The average molecular weight is 341 g/mol. The second-order valence-corrected chi connectivity index (χ2v) is 5.98. The van der Waals surface area contributed by atoms with Crippen molar-refractivity contribution in [3.63, 3.8) is 0 Å². The van der Waals surface area contributed by atoms with Crippen LogP contribution in [-0.2, 0) is 0 Å². The first-order valence-electron chi connectivity index (χ1n) is 7.82. The Kier molecular flexibility index (Phi) is 4.40.